The fourth-order valence-corrected chi connectivity index (χ4v) is 17.3. The number of aromatic nitrogens is 15. The zero-order chi connectivity index (χ0) is 98.3. The van der Waals surface area contributed by atoms with Crippen LogP contribution >= 0.6 is 0 Å². The number of hydrogen-bond acceptors (Lipinski definition) is 26. The molecule has 0 aliphatic heterocycles. The quantitative estimate of drug-likeness (QED) is 0.0278. The van der Waals surface area contributed by atoms with Gasteiger partial charge in [0, 0.05) is 153 Å². The number of carbonyl (C=O) groups is 2. The van der Waals surface area contributed by atoms with Crippen LogP contribution in [-0.2, 0) is 55.4 Å². The van der Waals surface area contributed by atoms with Crippen LogP contribution in [-0.4, -0.2) is 124 Å². The standard InChI is InChI=1S/C30H28N6O.C29H25N5O2.C27H21FN4O2S.C25H20N6O2S/c1-20(2)15-27(37)34-24-16-22(17-31-18-24)29-26-13-8-12-25(21-9-4-3-5-10-21)28(26)30(36-35-29)33-19-23-11-6-7-14-32-23;1-2-36-29(35)32-23-16-22(18-30-19-23)27-25-15-9-14-24(21-12-7-4-8-13-21)26(25)28(34-33-27)31-17-20-10-5-3-6-11-20;1-35(33,34)22-14-20(16-29-17-22)26-24-9-5-8-23(19-10-12-21(28)13-11-19)25(24)27(32-31-26)30-15-18-6-3-2-4-7-18;1-34(32,33)19-13-18(14-26-15-19)24-21-10-5-9-20(17-7-3-2-4-8-17)23(21)25(31-30-24)29-16-22-27-11-6-12-28-22/h3-14,16-18,20H,15,19H2,1-2H3,(H,33,36)(H,34,37);3-16,18-19H,2,17H2,1H3,(H,31,34)(H,32,35);2-14,16-17H,15H2,1H3,(H,30,32);2-15H,16H2,1H3,(H,29,31). The number of sulfone groups is 2. The summed E-state index contributed by atoms with van der Waals surface area (Å²) in [5, 5.41) is 62.6. The van der Waals surface area contributed by atoms with Crippen LogP contribution in [0.2, 0.25) is 0 Å². The van der Waals surface area contributed by atoms with Gasteiger partial charge in [-0.3, -0.25) is 35.0 Å². The number of fused-ring (bicyclic) bond motifs is 4. The van der Waals surface area contributed by atoms with Gasteiger partial charge in [-0.25, -0.2) is 36.0 Å². The van der Waals surface area contributed by atoms with Gasteiger partial charge in [0.1, 0.15) is 34.4 Å². The number of benzene rings is 10. The predicted octanol–water partition coefficient (Wildman–Crippen LogP) is 22.6. The summed E-state index contributed by atoms with van der Waals surface area (Å²) in [5.74, 6) is 3.07. The first-order valence-corrected chi connectivity index (χ1v) is 49.2. The highest BCUT2D eigenvalue weighted by Crippen LogP contribution is 2.44. The summed E-state index contributed by atoms with van der Waals surface area (Å²) >= 11 is 0. The van der Waals surface area contributed by atoms with E-state index in [0.29, 0.717) is 107 Å². The van der Waals surface area contributed by atoms with Crippen molar-refractivity contribution in [3.63, 3.8) is 0 Å². The Balaban J connectivity index is 0.000000130. The molecule has 0 radical (unpaired) electrons. The van der Waals surface area contributed by atoms with Crippen molar-refractivity contribution >= 4 is 109 Å². The van der Waals surface area contributed by atoms with Gasteiger partial charge in [-0.05, 0) is 123 Å². The molecule has 2 amide bonds. The Bertz CT molecular complexity index is 8120. The molecule has 0 unspecified atom stereocenters. The van der Waals surface area contributed by atoms with Gasteiger partial charge in [0.2, 0.25) is 5.91 Å². The number of nitrogens with zero attached hydrogens (tertiary/aromatic N) is 15. The zero-order valence-electron chi connectivity index (χ0n) is 77.7. The van der Waals surface area contributed by atoms with E-state index in [0.717, 1.165) is 128 Å². The fraction of sp³-hybridized carbons (Fsp3) is 0.108. The van der Waals surface area contributed by atoms with E-state index in [4.69, 9.17) is 4.74 Å². The minimum atomic E-state index is -3.45. The van der Waals surface area contributed by atoms with Gasteiger partial charge in [-0.1, -0.05) is 257 Å². The Morgan fingerprint density at radius 1 is 0.338 bits per heavy atom. The van der Waals surface area contributed by atoms with Crippen LogP contribution in [0.4, 0.5) is 43.8 Å². The number of halogens is 1. The first-order chi connectivity index (χ1) is 69.2. The summed E-state index contributed by atoms with van der Waals surface area (Å²) < 4.78 is 67.0. The number of amides is 2. The van der Waals surface area contributed by atoms with Gasteiger partial charge in [-0.15, -0.1) is 40.8 Å². The van der Waals surface area contributed by atoms with Gasteiger partial charge in [0.15, 0.2) is 42.9 Å². The van der Waals surface area contributed by atoms with Crippen LogP contribution in [0.15, 0.2) is 375 Å². The van der Waals surface area contributed by atoms with Crippen molar-refractivity contribution in [1.82, 2.24) is 75.7 Å². The lowest BCUT2D eigenvalue weighted by Crippen LogP contribution is -2.14. The molecule has 0 aliphatic carbocycles. The molecule has 28 nitrogen and oxygen atoms in total. The second kappa shape index (κ2) is 45.0. The molecule has 0 atom stereocenters. The number of hydrogen-bond donors (Lipinski definition) is 6. The number of carbonyl (C=O) groups excluding carboxylic acids is 2. The highest BCUT2D eigenvalue weighted by Gasteiger charge is 2.25. The molecule has 142 heavy (non-hydrogen) atoms. The second-order valence-corrected chi connectivity index (χ2v) is 37.3. The Labute approximate surface area is 818 Å². The van der Waals surface area contributed by atoms with Crippen molar-refractivity contribution in [3.8, 4) is 89.5 Å². The summed E-state index contributed by atoms with van der Waals surface area (Å²) in [6.45, 7) is 8.13. The molecule has 0 aliphatic rings. The molecule has 31 heteroatoms. The van der Waals surface area contributed by atoms with Crippen LogP contribution in [0.5, 0.6) is 0 Å². The summed E-state index contributed by atoms with van der Waals surface area (Å²) in [6, 6.07) is 95.2. The maximum absolute atomic E-state index is 13.6. The molecule has 6 N–H and O–H groups in total. The number of nitrogens with one attached hydrogen (secondary N) is 6. The van der Waals surface area contributed by atoms with Gasteiger partial charge in [0.25, 0.3) is 0 Å². The highest BCUT2D eigenvalue weighted by atomic mass is 32.2. The van der Waals surface area contributed by atoms with E-state index in [-0.39, 0.29) is 34.0 Å². The van der Waals surface area contributed by atoms with Crippen molar-refractivity contribution in [2.24, 2.45) is 5.92 Å². The molecule has 10 aromatic heterocycles. The SMILES string of the molecule is CC(C)CC(=O)Nc1cncc(-c2nnc(NCc3ccccn3)c3c(-c4ccccc4)cccc23)c1.CCOC(=O)Nc1cncc(-c2nnc(NCc3ccccc3)c3c(-c4ccccc4)cccc23)c1.CS(=O)(=O)c1cncc(-c2nnc(NCc3ccccc3)c3c(-c4ccc(F)cc4)cccc23)c1.CS(=O)(=O)c1cncc(-c2nnc(NCc3ncccn3)c3c(-c4ccccc4)cccc23)c1. The molecule has 0 saturated carbocycles. The third-order valence-electron chi connectivity index (χ3n) is 22.7. The van der Waals surface area contributed by atoms with Gasteiger partial charge in [-0.2, -0.15) is 0 Å². The number of ether oxygens (including phenoxy) is 1. The van der Waals surface area contributed by atoms with Crippen molar-refractivity contribution in [2.45, 2.75) is 63.2 Å². The van der Waals surface area contributed by atoms with Crippen LogP contribution in [0, 0.1) is 11.7 Å². The summed E-state index contributed by atoms with van der Waals surface area (Å²) in [7, 11) is -6.87. The first kappa shape index (κ1) is 95.9. The number of anilines is 6. The molecule has 0 fully saturated rings. The summed E-state index contributed by atoms with van der Waals surface area (Å²) in [5.41, 5.74) is 17.3. The van der Waals surface area contributed by atoms with E-state index in [2.05, 4.69) is 156 Å². The average molecular weight is 1920 g/mol. The normalized spacial score (nSPS) is 11.1. The summed E-state index contributed by atoms with van der Waals surface area (Å²) in [4.78, 5) is 54.4. The second-order valence-electron chi connectivity index (χ2n) is 33.3. The van der Waals surface area contributed by atoms with E-state index in [9.17, 15) is 30.8 Å². The molecular formula is C111H94FN21O7S2. The van der Waals surface area contributed by atoms with E-state index in [1.165, 1.54) is 24.5 Å². The highest BCUT2D eigenvalue weighted by molar-refractivity contribution is 7.91. The first-order valence-electron chi connectivity index (χ1n) is 45.5. The van der Waals surface area contributed by atoms with Crippen LogP contribution in [0.25, 0.3) is 133 Å². The van der Waals surface area contributed by atoms with E-state index in [1.54, 1.807) is 93.0 Å². The van der Waals surface area contributed by atoms with Crippen LogP contribution < -0.4 is 31.9 Å². The van der Waals surface area contributed by atoms with E-state index in [1.807, 2.05) is 220 Å². The Hall–Kier alpha value is -17.8. The lowest BCUT2D eigenvalue weighted by molar-refractivity contribution is -0.116. The van der Waals surface area contributed by atoms with Crippen molar-refractivity contribution in [1.29, 1.82) is 0 Å². The third-order valence-corrected chi connectivity index (χ3v) is 24.8. The molecule has 10 heterocycles. The summed E-state index contributed by atoms with van der Waals surface area (Å²) in [6.07, 6.45) is 19.9. The maximum Gasteiger partial charge on any atom is 0.411 e. The topological polar surface area (TPSA) is 377 Å². The maximum atomic E-state index is 13.6. The van der Waals surface area contributed by atoms with Gasteiger partial charge in [0.05, 0.1) is 58.9 Å². The molecular weight excluding hydrogens is 1820 g/mol. The largest absolute Gasteiger partial charge is 0.450 e. The van der Waals surface area contributed by atoms with E-state index >= 15 is 0 Å². The van der Waals surface area contributed by atoms with Crippen LogP contribution in [0.1, 0.15) is 49.8 Å². The average Bonchev–Trinajstić information content (AvgIpc) is 0.771. The minimum Gasteiger partial charge on any atom is -0.450 e. The molecule has 0 saturated heterocycles. The van der Waals surface area contributed by atoms with Crippen molar-refractivity contribution < 1.29 is 35.6 Å². The smallest absolute Gasteiger partial charge is 0.411 e. The monoisotopic (exact) mass is 1920 g/mol. The third kappa shape index (κ3) is 23.7. The zero-order valence-corrected chi connectivity index (χ0v) is 79.4. The Morgan fingerprint density at radius 3 is 1.06 bits per heavy atom. The molecule has 20 aromatic rings. The molecule has 10 aromatic carbocycles. The molecule has 20 rings (SSSR count). The molecule has 0 spiro atoms. The Morgan fingerprint density at radius 2 is 0.683 bits per heavy atom. The Kier molecular flexibility index (Phi) is 30.4. The number of pyridine rings is 5. The lowest BCUT2D eigenvalue weighted by Gasteiger charge is -2.15. The van der Waals surface area contributed by atoms with Crippen LogP contribution in [0.3, 0.4) is 0 Å². The molecule has 704 valence electrons. The van der Waals surface area contributed by atoms with Gasteiger partial charge >= 0.3 is 6.09 Å². The van der Waals surface area contributed by atoms with E-state index < -0.39 is 25.8 Å². The van der Waals surface area contributed by atoms with Crippen molar-refractivity contribution in [2.75, 3.05) is 51.0 Å². The number of rotatable bonds is 27. The predicted molar refractivity (Wildman–Crippen MR) is 556 cm³/mol. The van der Waals surface area contributed by atoms with Crippen molar-refractivity contribution in [3.05, 3.63) is 394 Å². The lowest BCUT2D eigenvalue weighted by atomic mass is 9.96. The minimum absolute atomic E-state index is 0.0367. The molecule has 0 bridgehead atoms. The van der Waals surface area contributed by atoms with Gasteiger partial charge < -0.3 is 31.3 Å². The fourth-order valence-electron chi connectivity index (χ4n) is 16.1.